The Bertz CT molecular complexity index is 700. The second-order valence-electron chi connectivity index (χ2n) is 5.67. The van der Waals surface area contributed by atoms with Crippen molar-refractivity contribution in [3.8, 4) is 0 Å². The molecular weight excluding hydrogens is 375 g/mol. The van der Waals surface area contributed by atoms with Crippen molar-refractivity contribution >= 4 is 21.7 Å². The molecule has 5 nitrogen and oxygen atoms in total. The van der Waals surface area contributed by atoms with Crippen molar-refractivity contribution in [3.63, 3.8) is 0 Å². The van der Waals surface area contributed by atoms with Gasteiger partial charge < -0.3 is 9.47 Å². The van der Waals surface area contributed by atoms with Crippen LogP contribution in [-0.4, -0.2) is 33.1 Å². The molecule has 2 aromatic heterocycles. The first-order valence-electron chi connectivity index (χ1n) is 7.14. The van der Waals surface area contributed by atoms with Crippen LogP contribution in [0.25, 0.3) is 0 Å². The molecule has 0 saturated carbocycles. The van der Waals surface area contributed by atoms with Crippen LogP contribution >= 0.6 is 15.9 Å². The maximum Gasteiger partial charge on any atom is 0.434 e. The average molecular weight is 390 g/mol. The van der Waals surface area contributed by atoms with Gasteiger partial charge in [0, 0.05) is 39.0 Å². The van der Waals surface area contributed by atoms with Crippen LogP contribution in [0, 0.1) is 5.92 Å². The molecule has 124 valence electrons. The SMILES string of the molecule is CN(C[C@@H]1CCc2nc(C(F)(F)F)cn2C1)c1ncncc1Br. The Morgan fingerprint density at radius 2 is 2.22 bits per heavy atom. The summed E-state index contributed by atoms with van der Waals surface area (Å²) in [4.78, 5) is 13.8. The number of fused-ring (bicyclic) bond motifs is 1. The molecule has 0 N–H and O–H groups in total. The quantitative estimate of drug-likeness (QED) is 0.808. The first-order valence-corrected chi connectivity index (χ1v) is 7.94. The monoisotopic (exact) mass is 389 g/mol. The van der Waals surface area contributed by atoms with Crippen molar-refractivity contribution in [1.29, 1.82) is 0 Å². The van der Waals surface area contributed by atoms with E-state index in [4.69, 9.17) is 0 Å². The van der Waals surface area contributed by atoms with Crippen molar-refractivity contribution < 1.29 is 13.2 Å². The molecule has 0 aliphatic carbocycles. The fourth-order valence-corrected chi connectivity index (χ4v) is 3.38. The number of nitrogens with zero attached hydrogens (tertiary/aromatic N) is 5. The molecule has 3 rings (SSSR count). The van der Waals surface area contributed by atoms with E-state index in [0.717, 1.165) is 22.9 Å². The summed E-state index contributed by atoms with van der Waals surface area (Å²) in [5, 5.41) is 0. The van der Waals surface area contributed by atoms with E-state index < -0.39 is 11.9 Å². The van der Waals surface area contributed by atoms with E-state index in [2.05, 4.69) is 30.9 Å². The third-order valence-corrected chi connectivity index (χ3v) is 4.48. The van der Waals surface area contributed by atoms with Gasteiger partial charge in [-0.25, -0.2) is 15.0 Å². The molecule has 0 aromatic carbocycles. The number of aryl methyl sites for hydroxylation is 1. The Kier molecular flexibility index (Phi) is 4.31. The minimum atomic E-state index is -4.39. The summed E-state index contributed by atoms with van der Waals surface area (Å²) in [5.74, 6) is 1.52. The number of hydrogen-bond donors (Lipinski definition) is 0. The summed E-state index contributed by atoms with van der Waals surface area (Å²) in [6.45, 7) is 1.24. The number of aromatic nitrogens is 4. The summed E-state index contributed by atoms with van der Waals surface area (Å²) in [6, 6.07) is 0. The molecule has 1 atom stereocenters. The lowest BCUT2D eigenvalue weighted by atomic mass is 9.99. The van der Waals surface area contributed by atoms with Gasteiger partial charge in [0.1, 0.15) is 18.0 Å². The van der Waals surface area contributed by atoms with Gasteiger partial charge in [0.25, 0.3) is 0 Å². The van der Waals surface area contributed by atoms with E-state index in [1.165, 1.54) is 6.33 Å². The maximum atomic E-state index is 12.7. The zero-order chi connectivity index (χ0) is 16.6. The topological polar surface area (TPSA) is 46.8 Å². The van der Waals surface area contributed by atoms with Crippen LogP contribution in [0.15, 0.2) is 23.2 Å². The fourth-order valence-electron chi connectivity index (χ4n) is 2.86. The van der Waals surface area contributed by atoms with E-state index in [1.54, 1.807) is 10.8 Å². The highest BCUT2D eigenvalue weighted by Crippen LogP contribution is 2.31. The second-order valence-corrected chi connectivity index (χ2v) is 6.53. The number of alkyl halides is 3. The van der Waals surface area contributed by atoms with E-state index in [0.29, 0.717) is 25.3 Å². The summed E-state index contributed by atoms with van der Waals surface area (Å²) in [6.07, 6.45) is 1.23. The Morgan fingerprint density at radius 3 is 2.91 bits per heavy atom. The standard InChI is InChI=1S/C14H15BrF3N5/c1-22(13-10(15)4-19-8-20-13)5-9-2-3-12-21-11(14(16,17)18)7-23(12)6-9/h4,7-9H,2-3,5-6H2,1H3/t9-/m0/s1. The average Bonchev–Trinajstić information content (AvgIpc) is 2.91. The van der Waals surface area contributed by atoms with Crippen LogP contribution in [0.2, 0.25) is 0 Å². The van der Waals surface area contributed by atoms with Gasteiger partial charge in [0.15, 0.2) is 5.69 Å². The van der Waals surface area contributed by atoms with Crippen molar-refractivity contribution in [2.75, 3.05) is 18.5 Å². The number of anilines is 1. The maximum absolute atomic E-state index is 12.7. The zero-order valence-corrected chi connectivity index (χ0v) is 14.0. The normalized spacial score (nSPS) is 17.9. The summed E-state index contributed by atoms with van der Waals surface area (Å²) in [7, 11) is 1.91. The second kappa shape index (κ2) is 6.10. The van der Waals surface area contributed by atoms with Crippen LogP contribution in [0.5, 0.6) is 0 Å². The minimum Gasteiger partial charge on any atom is -0.358 e. The highest BCUT2D eigenvalue weighted by atomic mass is 79.9. The van der Waals surface area contributed by atoms with Gasteiger partial charge in [-0.2, -0.15) is 13.2 Å². The number of rotatable bonds is 3. The van der Waals surface area contributed by atoms with Gasteiger partial charge in [-0.05, 0) is 28.3 Å². The van der Waals surface area contributed by atoms with Crippen molar-refractivity contribution in [3.05, 3.63) is 34.7 Å². The lowest BCUT2D eigenvalue weighted by molar-refractivity contribution is -0.141. The molecule has 1 aliphatic heterocycles. The molecule has 1 aliphatic rings. The third-order valence-electron chi connectivity index (χ3n) is 3.92. The molecule has 0 radical (unpaired) electrons. The van der Waals surface area contributed by atoms with Crippen molar-refractivity contribution in [2.24, 2.45) is 5.92 Å². The fraction of sp³-hybridized carbons (Fsp3) is 0.500. The van der Waals surface area contributed by atoms with E-state index in [1.807, 2.05) is 11.9 Å². The van der Waals surface area contributed by atoms with Crippen LogP contribution in [0.4, 0.5) is 19.0 Å². The molecule has 0 unspecified atom stereocenters. The molecule has 0 bridgehead atoms. The molecule has 0 amide bonds. The molecule has 0 fully saturated rings. The van der Waals surface area contributed by atoms with Gasteiger partial charge in [-0.15, -0.1) is 0 Å². The lowest BCUT2D eigenvalue weighted by Crippen LogP contribution is -2.32. The lowest BCUT2D eigenvalue weighted by Gasteiger charge is -2.29. The van der Waals surface area contributed by atoms with E-state index >= 15 is 0 Å². The first kappa shape index (κ1) is 16.2. The Labute approximate surface area is 139 Å². The van der Waals surface area contributed by atoms with Gasteiger partial charge in [-0.3, -0.25) is 0 Å². The molecule has 0 saturated heterocycles. The largest absolute Gasteiger partial charge is 0.434 e. The highest BCUT2D eigenvalue weighted by molar-refractivity contribution is 9.10. The molecule has 9 heteroatoms. The first-order chi connectivity index (χ1) is 10.8. The van der Waals surface area contributed by atoms with E-state index in [9.17, 15) is 13.2 Å². The zero-order valence-electron chi connectivity index (χ0n) is 12.4. The summed E-state index contributed by atoms with van der Waals surface area (Å²) >= 11 is 3.41. The van der Waals surface area contributed by atoms with Crippen LogP contribution in [-0.2, 0) is 19.1 Å². The van der Waals surface area contributed by atoms with Crippen LogP contribution in [0.1, 0.15) is 17.9 Å². The smallest absolute Gasteiger partial charge is 0.358 e. The molecular formula is C14H15BrF3N5. The molecule has 0 spiro atoms. The molecule has 23 heavy (non-hydrogen) atoms. The summed E-state index contributed by atoms with van der Waals surface area (Å²) < 4.78 is 40.6. The Balaban J connectivity index is 1.70. The Morgan fingerprint density at radius 1 is 1.43 bits per heavy atom. The molecule has 3 heterocycles. The molecule has 2 aromatic rings. The van der Waals surface area contributed by atoms with Crippen molar-refractivity contribution in [1.82, 2.24) is 19.5 Å². The van der Waals surface area contributed by atoms with Crippen LogP contribution < -0.4 is 4.90 Å². The number of imidazole rings is 1. The van der Waals surface area contributed by atoms with Gasteiger partial charge in [-0.1, -0.05) is 0 Å². The Hall–Kier alpha value is -1.64. The number of hydrogen-bond acceptors (Lipinski definition) is 4. The predicted octanol–water partition coefficient (Wildman–Crippen LogP) is 3.15. The summed E-state index contributed by atoms with van der Waals surface area (Å²) in [5.41, 5.74) is -0.806. The van der Waals surface area contributed by atoms with Gasteiger partial charge in [0.2, 0.25) is 0 Å². The minimum absolute atomic E-state index is 0.240. The van der Waals surface area contributed by atoms with Gasteiger partial charge in [0.05, 0.1) is 4.47 Å². The van der Waals surface area contributed by atoms with Gasteiger partial charge >= 0.3 is 6.18 Å². The van der Waals surface area contributed by atoms with Crippen LogP contribution in [0.3, 0.4) is 0 Å². The predicted molar refractivity (Wildman–Crippen MR) is 82.0 cm³/mol. The highest BCUT2D eigenvalue weighted by Gasteiger charge is 2.35. The third kappa shape index (κ3) is 3.49. The van der Waals surface area contributed by atoms with E-state index in [-0.39, 0.29) is 5.92 Å². The van der Waals surface area contributed by atoms with Crippen molar-refractivity contribution in [2.45, 2.75) is 25.6 Å². The number of halogens is 4.